The van der Waals surface area contributed by atoms with Gasteiger partial charge in [-0.25, -0.2) is 4.79 Å². The van der Waals surface area contributed by atoms with Crippen LogP contribution in [-0.2, 0) is 16.8 Å². The van der Waals surface area contributed by atoms with Crippen LogP contribution in [0.15, 0.2) is 48.5 Å². The number of ether oxygens (including phenoxy) is 1. The van der Waals surface area contributed by atoms with Gasteiger partial charge < -0.3 is 10.1 Å². The largest absolute Gasteiger partial charge is 0.444 e. The quantitative estimate of drug-likeness (QED) is 0.880. The van der Waals surface area contributed by atoms with Crippen molar-refractivity contribution >= 4 is 23.4 Å². The Balaban J connectivity index is 1.57. The van der Waals surface area contributed by atoms with E-state index in [2.05, 4.69) is 5.32 Å². The fourth-order valence-corrected chi connectivity index (χ4v) is 4.11. The van der Waals surface area contributed by atoms with Crippen LogP contribution in [0.2, 0.25) is 5.02 Å². The predicted molar refractivity (Wildman–Crippen MR) is 99.2 cm³/mol. The highest BCUT2D eigenvalue weighted by molar-refractivity contribution is 6.30. The topological polar surface area (TPSA) is 41.6 Å². The molecule has 0 bridgehead atoms. The number of piperidine rings is 1. The molecule has 1 saturated heterocycles. The summed E-state index contributed by atoms with van der Waals surface area (Å²) in [5, 5.41) is 4.12. The monoisotopic (exact) mass is 356 g/mol. The molecule has 0 radical (unpaired) electrons. The first-order valence-corrected chi connectivity index (χ1v) is 9.05. The van der Waals surface area contributed by atoms with Crippen molar-refractivity contribution in [3.63, 3.8) is 0 Å². The molecule has 2 aliphatic rings. The molecule has 1 spiro atoms. The van der Waals surface area contributed by atoms with E-state index in [9.17, 15) is 4.79 Å². The number of nitrogens with one attached hydrogen (secondary N) is 1. The predicted octanol–water partition coefficient (Wildman–Crippen LogP) is 4.12. The Labute approximate surface area is 152 Å². The van der Waals surface area contributed by atoms with Crippen molar-refractivity contribution in [3.05, 3.63) is 64.7 Å². The number of hydrogen-bond acceptors (Lipinski definition) is 3. The molecule has 0 unspecified atom stereocenters. The fourth-order valence-electron chi connectivity index (χ4n) is 3.93. The molecule has 2 aliphatic heterocycles. The Kier molecular flexibility index (Phi) is 4.40. The second kappa shape index (κ2) is 6.70. The van der Waals surface area contributed by atoms with Crippen molar-refractivity contribution in [2.75, 3.05) is 24.5 Å². The summed E-state index contributed by atoms with van der Waals surface area (Å²) in [6, 6.07) is 15.6. The van der Waals surface area contributed by atoms with Crippen molar-refractivity contribution in [2.45, 2.75) is 24.9 Å². The van der Waals surface area contributed by atoms with Crippen LogP contribution in [0.1, 0.15) is 24.0 Å². The van der Waals surface area contributed by atoms with Crippen LogP contribution >= 0.6 is 11.6 Å². The van der Waals surface area contributed by atoms with Gasteiger partial charge in [-0.1, -0.05) is 41.9 Å². The zero-order valence-electron chi connectivity index (χ0n) is 14.0. The molecule has 4 nitrogen and oxygen atoms in total. The lowest BCUT2D eigenvalue weighted by atomic mass is 9.75. The standard InChI is InChI=1S/C20H21ClN2O2/c21-16-6-7-18-17(12-16)20(8-10-22-11-9-20)14-23(18)19(24)25-13-15-4-2-1-3-5-15/h1-7,12,22H,8-11,13-14H2. The normalized spacial score (nSPS) is 18.2. The first-order valence-electron chi connectivity index (χ1n) is 8.67. The summed E-state index contributed by atoms with van der Waals surface area (Å²) in [5.41, 5.74) is 3.09. The van der Waals surface area contributed by atoms with Gasteiger partial charge in [-0.05, 0) is 55.3 Å². The second-order valence-corrected chi connectivity index (χ2v) is 7.25. The number of hydrogen-bond donors (Lipinski definition) is 1. The maximum atomic E-state index is 12.7. The fraction of sp³-hybridized carbons (Fsp3) is 0.350. The first-order chi connectivity index (χ1) is 12.2. The van der Waals surface area contributed by atoms with Gasteiger partial charge in [0.25, 0.3) is 0 Å². The van der Waals surface area contributed by atoms with Gasteiger partial charge in [-0.2, -0.15) is 0 Å². The molecular weight excluding hydrogens is 336 g/mol. The lowest BCUT2D eigenvalue weighted by molar-refractivity contribution is 0.145. The van der Waals surface area contributed by atoms with Crippen molar-refractivity contribution in [1.82, 2.24) is 5.32 Å². The highest BCUT2D eigenvalue weighted by Crippen LogP contribution is 2.47. The van der Waals surface area contributed by atoms with Gasteiger partial charge in [-0.3, -0.25) is 4.90 Å². The molecule has 25 heavy (non-hydrogen) atoms. The van der Waals surface area contributed by atoms with Crippen LogP contribution in [-0.4, -0.2) is 25.7 Å². The summed E-state index contributed by atoms with van der Waals surface area (Å²) in [6.07, 6.45) is 1.72. The maximum Gasteiger partial charge on any atom is 0.414 e. The molecular formula is C20H21ClN2O2. The Bertz CT molecular complexity index is 773. The van der Waals surface area contributed by atoms with Crippen molar-refractivity contribution in [2.24, 2.45) is 0 Å². The lowest BCUT2D eigenvalue weighted by Crippen LogP contribution is -2.44. The van der Waals surface area contributed by atoms with Gasteiger partial charge in [0.05, 0.1) is 5.69 Å². The number of carbonyl (C=O) groups excluding carboxylic acids is 1. The minimum atomic E-state index is -0.289. The number of carbonyl (C=O) groups is 1. The van der Waals surface area contributed by atoms with Crippen LogP contribution in [0.5, 0.6) is 0 Å². The van der Waals surface area contributed by atoms with E-state index in [1.54, 1.807) is 4.90 Å². The number of anilines is 1. The number of benzene rings is 2. The van der Waals surface area contributed by atoms with E-state index in [0.29, 0.717) is 6.54 Å². The third kappa shape index (κ3) is 3.12. The van der Waals surface area contributed by atoms with Crippen LogP contribution in [0.25, 0.3) is 0 Å². The minimum absolute atomic E-state index is 0.0166. The number of fused-ring (bicyclic) bond motifs is 2. The van der Waals surface area contributed by atoms with E-state index >= 15 is 0 Å². The van der Waals surface area contributed by atoms with Crippen LogP contribution in [0, 0.1) is 0 Å². The molecule has 2 aromatic rings. The van der Waals surface area contributed by atoms with Crippen LogP contribution < -0.4 is 10.2 Å². The van der Waals surface area contributed by atoms with E-state index in [4.69, 9.17) is 16.3 Å². The number of amides is 1. The molecule has 4 rings (SSSR count). The molecule has 0 aromatic heterocycles. The van der Waals surface area contributed by atoms with Gasteiger partial charge in [0, 0.05) is 17.0 Å². The van der Waals surface area contributed by atoms with Crippen molar-refractivity contribution in [3.8, 4) is 0 Å². The SMILES string of the molecule is O=C(OCc1ccccc1)N1CC2(CCNCC2)c2cc(Cl)ccc21. The molecule has 0 saturated carbocycles. The molecule has 1 N–H and O–H groups in total. The van der Waals surface area contributed by atoms with Gasteiger partial charge in [0.1, 0.15) is 6.61 Å². The minimum Gasteiger partial charge on any atom is -0.444 e. The summed E-state index contributed by atoms with van der Waals surface area (Å²) in [4.78, 5) is 14.5. The third-order valence-electron chi connectivity index (χ3n) is 5.27. The molecule has 2 heterocycles. The van der Waals surface area contributed by atoms with Crippen molar-refractivity contribution < 1.29 is 9.53 Å². The van der Waals surface area contributed by atoms with E-state index in [-0.39, 0.29) is 18.1 Å². The van der Waals surface area contributed by atoms with Gasteiger partial charge in [0.15, 0.2) is 0 Å². The number of halogens is 1. The molecule has 1 amide bonds. The lowest BCUT2D eigenvalue weighted by Gasteiger charge is -2.34. The number of nitrogens with zero attached hydrogens (tertiary/aromatic N) is 1. The Hall–Kier alpha value is -2.04. The van der Waals surface area contributed by atoms with Gasteiger partial charge in [-0.15, -0.1) is 0 Å². The van der Waals surface area contributed by atoms with Crippen molar-refractivity contribution in [1.29, 1.82) is 0 Å². The van der Waals surface area contributed by atoms with Gasteiger partial charge in [0.2, 0.25) is 0 Å². The summed E-state index contributed by atoms with van der Waals surface area (Å²) >= 11 is 6.24. The highest BCUT2D eigenvalue weighted by Gasteiger charge is 2.45. The maximum absolute atomic E-state index is 12.7. The average molecular weight is 357 g/mol. The van der Waals surface area contributed by atoms with E-state index in [1.165, 1.54) is 5.56 Å². The zero-order valence-corrected chi connectivity index (χ0v) is 14.8. The first kappa shape index (κ1) is 16.4. The molecule has 130 valence electrons. The summed E-state index contributed by atoms with van der Waals surface area (Å²) in [6.45, 7) is 2.86. The van der Waals surface area contributed by atoms with Gasteiger partial charge >= 0.3 is 6.09 Å². The molecule has 5 heteroatoms. The summed E-state index contributed by atoms with van der Waals surface area (Å²) < 4.78 is 5.57. The van der Waals surface area contributed by atoms with Crippen LogP contribution in [0.3, 0.4) is 0 Å². The van der Waals surface area contributed by atoms with E-state index < -0.39 is 0 Å². The zero-order chi connectivity index (χ0) is 17.3. The highest BCUT2D eigenvalue weighted by atomic mass is 35.5. The molecule has 2 aromatic carbocycles. The summed E-state index contributed by atoms with van der Waals surface area (Å²) in [5.74, 6) is 0. The molecule has 1 fully saturated rings. The Morgan fingerprint density at radius 1 is 1.16 bits per heavy atom. The summed E-state index contributed by atoms with van der Waals surface area (Å²) in [7, 11) is 0. The Morgan fingerprint density at radius 3 is 2.68 bits per heavy atom. The van der Waals surface area contributed by atoms with Crippen LogP contribution in [0.4, 0.5) is 10.5 Å². The Morgan fingerprint density at radius 2 is 1.92 bits per heavy atom. The second-order valence-electron chi connectivity index (χ2n) is 6.82. The van der Waals surface area contributed by atoms with E-state index in [1.807, 2.05) is 48.5 Å². The molecule has 0 aliphatic carbocycles. The molecule has 0 atom stereocenters. The van der Waals surface area contributed by atoms with E-state index in [0.717, 1.165) is 42.2 Å². The smallest absolute Gasteiger partial charge is 0.414 e. The average Bonchev–Trinajstić information content (AvgIpc) is 2.95. The number of rotatable bonds is 2. The third-order valence-corrected chi connectivity index (χ3v) is 5.50.